The molecule has 2 N–H and O–H groups in total. The Bertz CT molecular complexity index is 635. The number of alkyl halides is 1. The van der Waals surface area contributed by atoms with Crippen molar-refractivity contribution in [2.45, 2.75) is 24.6 Å². The van der Waals surface area contributed by atoms with E-state index in [1.165, 1.54) is 25.1 Å². The largest absolute Gasteiger partial charge is 0.397 e. The topological polar surface area (TPSA) is 84.4 Å². The molecule has 0 bridgehead atoms. The minimum atomic E-state index is -1.35. The van der Waals surface area contributed by atoms with Crippen LogP contribution in [0.1, 0.15) is 6.23 Å². The molecule has 0 amide bonds. The van der Waals surface area contributed by atoms with Crippen LogP contribution >= 0.6 is 0 Å². The monoisotopic (exact) mass is 296 g/mol. The predicted molar refractivity (Wildman–Crippen MR) is 73.4 cm³/mol. The van der Waals surface area contributed by atoms with Crippen LogP contribution in [0.3, 0.4) is 0 Å². The average molecular weight is 296 g/mol. The fourth-order valence-electron chi connectivity index (χ4n) is 2.64. The maximum atomic E-state index is 14.6. The highest BCUT2D eigenvalue weighted by molar-refractivity contribution is 5.83. The minimum Gasteiger partial charge on any atom is -0.397 e. The molecule has 1 unspecified atom stereocenters. The molecule has 21 heavy (non-hydrogen) atoms. The van der Waals surface area contributed by atoms with Crippen molar-refractivity contribution in [3.05, 3.63) is 18.6 Å². The number of nitrogens with two attached hydrogens (primary N) is 1. The Morgan fingerprint density at radius 1 is 1.43 bits per heavy atom. The number of hydrogen-bond acceptors (Lipinski definition) is 6. The first-order chi connectivity index (χ1) is 10.2. The summed E-state index contributed by atoms with van der Waals surface area (Å²) in [5.41, 5.74) is 7.33. The molecule has 0 spiro atoms. The van der Waals surface area contributed by atoms with Crippen LogP contribution in [-0.2, 0) is 14.2 Å². The Balaban J connectivity index is 1.97. The molecule has 114 valence electrons. The van der Waals surface area contributed by atoms with Gasteiger partial charge in [-0.15, -0.1) is 0 Å². The van der Waals surface area contributed by atoms with Gasteiger partial charge in [0, 0.05) is 20.4 Å². The van der Waals surface area contributed by atoms with Crippen LogP contribution in [0, 0.1) is 0 Å². The van der Waals surface area contributed by atoms with Gasteiger partial charge in [-0.05, 0) is 6.07 Å². The summed E-state index contributed by atoms with van der Waals surface area (Å²) >= 11 is 0. The zero-order chi connectivity index (χ0) is 15.0. The molecule has 0 saturated carbocycles. The molecule has 1 aliphatic rings. The van der Waals surface area contributed by atoms with E-state index in [4.69, 9.17) is 19.9 Å². The van der Waals surface area contributed by atoms with Gasteiger partial charge >= 0.3 is 0 Å². The van der Waals surface area contributed by atoms with Gasteiger partial charge in [0.05, 0.1) is 18.6 Å². The van der Waals surface area contributed by atoms with Crippen LogP contribution in [-0.4, -0.2) is 53.7 Å². The van der Waals surface area contributed by atoms with E-state index in [9.17, 15) is 4.39 Å². The predicted octanol–water partition coefficient (Wildman–Crippen LogP) is 0.910. The number of anilines is 1. The van der Waals surface area contributed by atoms with E-state index >= 15 is 0 Å². The number of nitrogens with zero attached hydrogens (tertiary/aromatic N) is 3. The number of rotatable bonds is 4. The third-order valence-electron chi connectivity index (χ3n) is 3.64. The molecule has 0 radical (unpaired) electrons. The highest BCUT2D eigenvalue weighted by Crippen LogP contribution is 2.35. The molecule has 1 fully saturated rings. The lowest BCUT2D eigenvalue weighted by Gasteiger charge is -2.16. The Morgan fingerprint density at radius 3 is 2.95 bits per heavy atom. The molecule has 2 aromatic heterocycles. The minimum absolute atomic E-state index is 0.248. The van der Waals surface area contributed by atoms with Gasteiger partial charge in [0.1, 0.15) is 17.7 Å². The van der Waals surface area contributed by atoms with Crippen molar-refractivity contribution in [3.8, 4) is 0 Å². The molecular weight excluding hydrogens is 279 g/mol. The molecule has 4 atom stereocenters. The SMILES string of the molecule is COC[C@H]1O[C@@H](n2cnc3c(N)ccnc32)[C@@H](F)C1OC. The van der Waals surface area contributed by atoms with Gasteiger partial charge in [-0.1, -0.05) is 0 Å². The number of fused-ring (bicyclic) bond motifs is 1. The summed E-state index contributed by atoms with van der Waals surface area (Å²) in [5.74, 6) is 0. The summed E-state index contributed by atoms with van der Waals surface area (Å²) in [6.07, 6.45) is -0.372. The standard InChI is InChI=1S/C13H17FN4O3/c1-19-5-8-11(20-2)9(14)13(21-8)18-6-17-10-7(15)3-4-16-12(10)18/h3-4,6,8-9,11,13H,5H2,1-2H3,(H2,15,16)/t8-,9+,11?,13-/m1/s1. The highest BCUT2D eigenvalue weighted by atomic mass is 19.1. The zero-order valence-electron chi connectivity index (χ0n) is 11.8. The quantitative estimate of drug-likeness (QED) is 0.902. The van der Waals surface area contributed by atoms with E-state index in [2.05, 4.69) is 9.97 Å². The first-order valence-corrected chi connectivity index (χ1v) is 6.55. The van der Waals surface area contributed by atoms with E-state index in [0.717, 1.165) is 0 Å². The average Bonchev–Trinajstić information content (AvgIpc) is 3.02. The molecule has 1 saturated heterocycles. The van der Waals surface area contributed by atoms with Gasteiger partial charge in [0.15, 0.2) is 18.0 Å². The van der Waals surface area contributed by atoms with Crippen molar-refractivity contribution < 1.29 is 18.6 Å². The fraction of sp³-hybridized carbons (Fsp3) is 0.538. The lowest BCUT2D eigenvalue weighted by molar-refractivity contribution is -0.0602. The molecule has 8 heteroatoms. The van der Waals surface area contributed by atoms with Crippen molar-refractivity contribution in [2.24, 2.45) is 0 Å². The number of aromatic nitrogens is 3. The second-order valence-electron chi connectivity index (χ2n) is 4.89. The zero-order valence-corrected chi connectivity index (χ0v) is 11.8. The summed E-state index contributed by atoms with van der Waals surface area (Å²) in [7, 11) is 2.99. The summed E-state index contributed by atoms with van der Waals surface area (Å²) < 4.78 is 32.1. The third kappa shape index (κ3) is 2.25. The Hall–Kier alpha value is -1.77. The van der Waals surface area contributed by atoms with E-state index in [-0.39, 0.29) is 6.61 Å². The van der Waals surface area contributed by atoms with Gasteiger partial charge in [-0.25, -0.2) is 14.4 Å². The molecular formula is C13H17FN4O3. The second kappa shape index (κ2) is 5.55. The third-order valence-corrected chi connectivity index (χ3v) is 3.64. The molecule has 7 nitrogen and oxygen atoms in total. The molecule has 0 aliphatic carbocycles. The smallest absolute Gasteiger partial charge is 0.174 e. The maximum absolute atomic E-state index is 14.6. The number of hydrogen-bond donors (Lipinski definition) is 1. The van der Waals surface area contributed by atoms with E-state index in [1.807, 2.05) is 0 Å². The van der Waals surface area contributed by atoms with Gasteiger partial charge in [0.2, 0.25) is 0 Å². The second-order valence-corrected chi connectivity index (χ2v) is 4.89. The van der Waals surface area contributed by atoms with Crippen molar-refractivity contribution >= 4 is 16.9 Å². The van der Waals surface area contributed by atoms with Gasteiger partial charge < -0.3 is 19.9 Å². The summed E-state index contributed by atoms with van der Waals surface area (Å²) in [6, 6.07) is 1.65. The first kappa shape index (κ1) is 14.2. The lowest BCUT2D eigenvalue weighted by atomic mass is 10.1. The first-order valence-electron chi connectivity index (χ1n) is 6.55. The molecule has 2 aromatic rings. The molecule has 1 aliphatic heterocycles. The lowest BCUT2D eigenvalue weighted by Crippen LogP contribution is -2.33. The van der Waals surface area contributed by atoms with Gasteiger partial charge in [-0.3, -0.25) is 4.57 Å². The van der Waals surface area contributed by atoms with Crippen LogP contribution in [0.2, 0.25) is 0 Å². The summed E-state index contributed by atoms with van der Waals surface area (Å²) in [4.78, 5) is 8.38. The van der Waals surface area contributed by atoms with Crippen LogP contribution in [0.15, 0.2) is 18.6 Å². The number of methoxy groups -OCH3 is 2. The number of pyridine rings is 1. The molecule has 3 heterocycles. The van der Waals surface area contributed by atoms with Crippen LogP contribution in [0.5, 0.6) is 0 Å². The highest BCUT2D eigenvalue weighted by Gasteiger charge is 2.46. The van der Waals surface area contributed by atoms with Crippen molar-refractivity contribution in [2.75, 3.05) is 26.6 Å². The van der Waals surface area contributed by atoms with Crippen molar-refractivity contribution in [3.63, 3.8) is 0 Å². The number of halogens is 1. The van der Waals surface area contributed by atoms with Crippen LogP contribution in [0.4, 0.5) is 10.1 Å². The molecule has 0 aromatic carbocycles. The number of ether oxygens (including phenoxy) is 3. The fourth-order valence-corrected chi connectivity index (χ4v) is 2.64. The van der Waals surface area contributed by atoms with Gasteiger partial charge in [0.25, 0.3) is 0 Å². The Kier molecular flexibility index (Phi) is 3.75. The van der Waals surface area contributed by atoms with E-state index < -0.39 is 24.6 Å². The van der Waals surface area contributed by atoms with Crippen molar-refractivity contribution in [1.82, 2.24) is 14.5 Å². The summed E-state index contributed by atoms with van der Waals surface area (Å²) in [6.45, 7) is 0.248. The van der Waals surface area contributed by atoms with Crippen LogP contribution in [0.25, 0.3) is 11.2 Å². The Morgan fingerprint density at radius 2 is 2.24 bits per heavy atom. The van der Waals surface area contributed by atoms with E-state index in [1.54, 1.807) is 12.3 Å². The van der Waals surface area contributed by atoms with Crippen molar-refractivity contribution in [1.29, 1.82) is 0 Å². The van der Waals surface area contributed by atoms with Gasteiger partial charge in [-0.2, -0.15) is 0 Å². The Labute approximate surface area is 120 Å². The van der Waals surface area contributed by atoms with E-state index in [0.29, 0.717) is 16.9 Å². The number of nitrogen functional groups attached to an aromatic ring is 1. The summed E-state index contributed by atoms with van der Waals surface area (Å²) in [5, 5.41) is 0. The number of imidazole rings is 1. The van der Waals surface area contributed by atoms with Crippen LogP contribution < -0.4 is 5.73 Å². The maximum Gasteiger partial charge on any atom is 0.174 e. The normalized spacial score (nSPS) is 29.3. The molecule has 3 rings (SSSR count).